The molecule has 126 valence electrons. The molecule has 7 nitrogen and oxygen atoms in total. The van der Waals surface area contributed by atoms with Crippen molar-refractivity contribution in [3.05, 3.63) is 36.2 Å². The van der Waals surface area contributed by atoms with Crippen molar-refractivity contribution in [2.45, 2.75) is 31.3 Å². The van der Waals surface area contributed by atoms with E-state index in [-0.39, 0.29) is 10.9 Å². The van der Waals surface area contributed by atoms with Crippen LogP contribution in [-0.4, -0.2) is 38.5 Å². The third kappa shape index (κ3) is 4.02. The van der Waals surface area contributed by atoms with Crippen LogP contribution < -0.4 is 14.2 Å². The first kappa shape index (κ1) is 17.3. The van der Waals surface area contributed by atoms with Crippen LogP contribution in [0.1, 0.15) is 12.5 Å². The molecular weight excluding hydrogens is 318 g/mol. The second kappa shape index (κ2) is 7.01. The number of aryl methyl sites for hydroxylation is 1. The van der Waals surface area contributed by atoms with E-state index < -0.39 is 10.0 Å². The normalized spacial score (nSPS) is 12.9. The maximum Gasteiger partial charge on any atom is 0.241 e. The fourth-order valence-electron chi connectivity index (χ4n) is 2.31. The fraction of sp³-hybridized carbons (Fsp3) is 0.400. The summed E-state index contributed by atoms with van der Waals surface area (Å²) in [5.41, 5.74) is 0.585. The minimum absolute atomic E-state index is 0.169. The van der Waals surface area contributed by atoms with Gasteiger partial charge in [0.2, 0.25) is 10.0 Å². The average Bonchev–Trinajstić information content (AvgIpc) is 2.98. The highest BCUT2D eigenvalue weighted by Crippen LogP contribution is 2.32. The maximum atomic E-state index is 12.6. The first-order valence-corrected chi connectivity index (χ1v) is 8.58. The van der Waals surface area contributed by atoms with Crippen LogP contribution in [-0.2, 0) is 16.6 Å². The van der Waals surface area contributed by atoms with Crippen LogP contribution in [0.15, 0.2) is 35.5 Å². The summed E-state index contributed by atoms with van der Waals surface area (Å²) < 4.78 is 39.9. The molecule has 0 saturated heterocycles. The van der Waals surface area contributed by atoms with Gasteiger partial charge in [0.25, 0.3) is 0 Å². The summed E-state index contributed by atoms with van der Waals surface area (Å²) in [7, 11) is -0.698. The van der Waals surface area contributed by atoms with E-state index >= 15 is 0 Å². The van der Waals surface area contributed by atoms with E-state index in [1.165, 1.54) is 20.3 Å². The van der Waals surface area contributed by atoms with Crippen LogP contribution in [0.5, 0.6) is 11.5 Å². The molecule has 0 unspecified atom stereocenters. The number of hydrogen-bond acceptors (Lipinski definition) is 5. The zero-order valence-electron chi connectivity index (χ0n) is 13.6. The van der Waals surface area contributed by atoms with E-state index in [0.29, 0.717) is 23.6 Å². The lowest BCUT2D eigenvalue weighted by atomic mass is 10.2. The van der Waals surface area contributed by atoms with Gasteiger partial charge in [-0.15, -0.1) is 0 Å². The van der Waals surface area contributed by atoms with E-state index in [1.54, 1.807) is 43.1 Å². The minimum Gasteiger partial charge on any atom is -0.493 e. The lowest BCUT2D eigenvalue weighted by molar-refractivity contribution is 0.353. The van der Waals surface area contributed by atoms with Crippen molar-refractivity contribution in [1.82, 2.24) is 14.5 Å². The van der Waals surface area contributed by atoms with Gasteiger partial charge in [0, 0.05) is 24.5 Å². The molecule has 0 aliphatic rings. The molecule has 2 rings (SSSR count). The van der Waals surface area contributed by atoms with Crippen LogP contribution >= 0.6 is 0 Å². The summed E-state index contributed by atoms with van der Waals surface area (Å²) in [6, 6.07) is 4.59. The van der Waals surface area contributed by atoms with Gasteiger partial charge in [-0.1, -0.05) is 0 Å². The van der Waals surface area contributed by atoms with Crippen LogP contribution in [0.25, 0.3) is 0 Å². The molecule has 23 heavy (non-hydrogen) atoms. The van der Waals surface area contributed by atoms with Gasteiger partial charge < -0.3 is 9.47 Å². The molecular formula is C15H21N3O4S. The second-order valence-corrected chi connectivity index (χ2v) is 6.91. The van der Waals surface area contributed by atoms with E-state index in [1.807, 2.05) is 0 Å². The van der Waals surface area contributed by atoms with Gasteiger partial charge in [0.05, 0.1) is 25.7 Å². The molecule has 2 aromatic rings. The number of aromatic nitrogens is 2. The molecule has 8 heteroatoms. The second-order valence-electron chi connectivity index (χ2n) is 5.22. The molecule has 0 bridgehead atoms. The van der Waals surface area contributed by atoms with Crippen molar-refractivity contribution in [3.8, 4) is 11.5 Å². The largest absolute Gasteiger partial charge is 0.493 e. The van der Waals surface area contributed by atoms with E-state index in [9.17, 15) is 8.42 Å². The summed E-state index contributed by atoms with van der Waals surface area (Å²) in [4.78, 5) is 0.169. The standard InChI is InChI=1S/C15H21N3O4S/c1-11-8-13(21-3)14(22-4)9-15(11)23(19,20)17-12(2)10-18-7-5-6-16-18/h5-9,12,17H,10H2,1-4H3/t12-/m1/s1. The van der Waals surface area contributed by atoms with Gasteiger partial charge >= 0.3 is 0 Å². The lowest BCUT2D eigenvalue weighted by Gasteiger charge is -2.17. The monoisotopic (exact) mass is 339 g/mol. The number of nitrogens with one attached hydrogen (secondary N) is 1. The summed E-state index contributed by atoms with van der Waals surface area (Å²) >= 11 is 0. The minimum atomic E-state index is -3.68. The predicted molar refractivity (Wildman–Crippen MR) is 86.3 cm³/mol. The number of benzene rings is 1. The van der Waals surface area contributed by atoms with Crippen LogP contribution in [0, 0.1) is 6.92 Å². The number of ether oxygens (including phenoxy) is 2. The lowest BCUT2D eigenvalue weighted by Crippen LogP contribution is -2.36. The Balaban J connectivity index is 2.25. The summed E-state index contributed by atoms with van der Waals surface area (Å²) in [5.74, 6) is 0.867. The molecule has 0 aliphatic carbocycles. The van der Waals surface area contributed by atoms with Gasteiger partial charge in [-0.3, -0.25) is 4.68 Å². The highest BCUT2D eigenvalue weighted by atomic mass is 32.2. The highest BCUT2D eigenvalue weighted by Gasteiger charge is 2.22. The smallest absolute Gasteiger partial charge is 0.241 e. The van der Waals surface area contributed by atoms with Gasteiger partial charge in [-0.25, -0.2) is 13.1 Å². The highest BCUT2D eigenvalue weighted by molar-refractivity contribution is 7.89. The van der Waals surface area contributed by atoms with Gasteiger partial charge in [0.1, 0.15) is 0 Å². The number of rotatable bonds is 7. The first-order valence-electron chi connectivity index (χ1n) is 7.09. The molecule has 1 N–H and O–H groups in total. The van der Waals surface area contributed by atoms with Crippen molar-refractivity contribution >= 4 is 10.0 Å². The Morgan fingerprint density at radius 3 is 2.48 bits per heavy atom. The molecule has 0 fully saturated rings. The van der Waals surface area contributed by atoms with Gasteiger partial charge in [-0.05, 0) is 31.5 Å². The van der Waals surface area contributed by atoms with Crippen molar-refractivity contribution in [1.29, 1.82) is 0 Å². The van der Waals surface area contributed by atoms with Gasteiger partial charge in [-0.2, -0.15) is 5.10 Å². The number of nitrogens with zero attached hydrogens (tertiary/aromatic N) is 2. The van der Waals surface area contributed by atoms with Crippen molar-refractivity contribution < 1.29 is 17.9 Å². The van der Waals surface area contributed by atoms with E-state index in [0.717, 1.165) is 0 Å². The van der Waals surface area contributed by atoms with Crippen LogP contribution in [0.4, 0.5) is 0 Å². The SMILES string of the molecule is COc1cc(C)c(S(=O)(=O)N[C@H](C)Cn2cccn2)cc1OC. The first-order chi connectivity index (χ1) is 10.9. The molecule has 1 heterocycles. The van der Waals surface area contributed by atoms with Crippen LogP contribution in [0.3, 0.4) is 0 Å². The van der Waals surface area contributed by atoms with Crippen molar-refractivity contribution in [3.63, 3.8) is 0 Å². The third-order valence-corrected chi connectivity index (χ3v) is 5.08. The number of methoxy groups -OCH3 is 2. The topological polar surface area (TPSA) is 82.5 Å². The van der Waals surface area contributed by atoms with E-state index in [4.69, 9.17) is 9.47 Å². The quantitative estimate of drug-likeness (QED) is 0.828. The molecule has 1 atom stereocenters. The van der Waals surface area contributed by atoms with Gasteiger partial charge in [0.15, 0.2) is 11.5 Å². The molecule has 1 aromatic heterocycles. The zero-order chi connectivity index (χ0) is 17.0. The molecule has 0 spiro atoms. The Labute approximate surface area is 136 Å². The molecule has 1 aromatic carbocycles. The Kier molecular flexibility index (Phi) is 5.27. The molecule has 0 saturated carbocycles. The molecule has 0 aliphatic heterocycles. The predicted octanol–water partition coefficient (Wildman–Crippen LogP) is 1.58. The summed E-state index contributed by atoms with van der Waals surface area (Å²) in [6.45, 7) is 3.95. The third-order valence-electron chi connectivity index (χ3n) is 3.35. The summed E-state index contributed by atoms with van der Waals surface area (Å²) in [6.07, 6.45) is 3.44. The average molecular weight is 339 g/mol. The van der Waals surface area contributed by atoms with Crippen molar-refractivity contribution in [2.24, 2.45) is 0 Å². The zero-order valence-corrected chi connectivity index (χ0v) is 14.4. The Morgan fingerprint density at radius 1 is 1.26 bits per heavy atom. The molecule has 0 radical (unpaired) electrons. The Hall–Kier alpha value is -2.06. The number of hydrogen-bond donors (Lipinski definition) is 1. The van der Waals surface area contributed by atoms with E-state index in [2.05, 4.69) is 9.82 Å². The Morgan fingerprint density at radius 2 is 1.91 bits per heavy atom. The fourth-order valence-corrected chi connectivity index (χ4v) is 3.78. The number of sulfonamides is 1. The maximum absolute atomic E-state index is 12.6. The summed E-state index contributed by atoms with van der Waals surface area (Å²) in [5, 5.41) is 4.07. The molecule has 0 amide bonds. The Bertz CT molecular complexity index is 757. The van der Waals surface area contributed by atoms with Crippen molar-refractivity contribution in [2.75, 3.05) is 14.2 Å². The van der Waals surface area contributed by atoms with Crippen LogP contribution in [0.2, 0.25) is 0 Å².